The Labute approximate surface area is 114 Å². The molecule has 2 aromatic rings. The standard InChI is InChI=1S/C14H10N2O4/c17-12-7-20-13-8(2-1-3-11(13)16-12)10-6-15-5-4-9(10)14(18)19/h1-6H,7H2,(H,16,17)(H,18,19). The third-order valence-corrected chi connectivity index (χ3v) is 2.98. The van der Waals surface area contributed by atoms with Crippen molar-refractivity contribution in [1.29, 1.82) is 0 Å². The zero-order valence-electron chi connectivity index (χ0n) is 10.3. The van der Waals surface area contributed by atoms with Crippen molar-refractivity contribution in [3.8, 4) is 16.9 Å². The summed E-state index contributed by atoms with van der Waals surface area (Å²) in [6, 6.07) is 6.59. The number of hydrogen-bond acceptors (Lipinski definition) is 4. The molecule has 0 bridgehead atoms. The molecule has 3 rings (SSSR count). The molecule has 1 amide bonds. The van der Waals surface area contributed by atoms with Gasteiger partial charge in [-0.2, -0.15) is 0 Å². The Kier molecular flexibility index (Phi) is 2.83. The lowest BCUT2D eigenvalue weighted by atomic mass is 10.00. The summed E-state index contributed by atoms with van der Waals surface area (Å²) < 4.78 is 5.42. The SMILES string of the molecule is O=C1COc2c(cccc2-c2cnccc2C(=O)O)N1. The van der Waals surface area contributed by atoms with E-state index in [1.54, 1.807) is 18.2 Å². The third kappa shape index (κ3) is 1.97. The van der Waals surface area contributed by atoms with Crippen LogP contribution in [0.1, 0.15) is 10.4 Å². The lowest BCUT2D eigenvalue weighted by Crippen LogP contribution is -2.25. The number of aromatic carboxylic acids is 1. The van der Waals surface area contributed by atoms with E-state index in [2.05, 4.69) is 10.3 Å². The zero-order chi connectivity index (χ0) is 14.1. The van der Waals surface area contributed by atoms with Crippen LogP contribution in [-0.4, -0.2) is 28.6 Å². The average molecular weight is 270 g/mol. The first-order valence-corrected chi connectivity index (χ1v) is 5.90. The quantitative estimate of drug-likeness (QED) is 0.868. The highest BCUT2D eigenvalue weighted by atomic mass is 16.5. The molecule has 1 aromatic heterocycles. The molecule has 0 saturated heterocycles. The summed E-state index contributed by atoms with van der Waals surface area (Å²) in [7, 11) is 0. The van der Waals surface area contributed by atoms with Crippen molar-refractivity contribution in [3.63, 3.8) is 0 Å². The number of carboxylic acid groups (broad SMARTS) is 1. The van der Waals surface area contributed by atoms with E-state index in [1.165, 1.54) is 18.5 Å². The van der Waals surface area contributed by atoms with Gasteiger partial charge in [-0.3, -0.25) is 9.78 Å². The van der Waals surface area contributed by atoms with Crippen LogP contribution in [0.15, 0.2) is 36.7 Å². The van der Waals surface area contributed by atoms with E-state index >= 15 is 0 Å². The summed E-state index contributed by atoms with van der Waals surface area (Å²) in [5.74, 6) is -0.818. The van der Waals surface area contributed by atoms with Crippen molar-refractivity contribution in [2.45, 2.75) is 0 Å². The van der Waals surface area contributed by atoms with E-state index in [0.29, 0.717) is 22.6 Å². The highest BCUT2D eigenvalue weighted by Gasteiger charge is 2.22. The monoisotopic (exact) mass is 270 g/mol. The minimum absolute atomic E-state index is 0.0906. The maximum atomic E-state index is 11.3. The van der Waals surface area contributed by atoms with E-state index in [4.69, 9.17) is 4.74 Å². The van der Waals surface area contributed by atoms with Gasteiger partial charge in [0.25, 0.3) is 5.91 Å². The maximum Gasteiger partial charge on any atom is 0.336 e. The fourth-order valence-electron chi connectivity index (χ4n) is 2.12. The van der Waals surface area contributed by atoms with Gasteiger partial charge in [-0.25, -0.2) is 4.79 Å². The molecule has 0 unspecified atom stereocenters. The molecule has 1 aromatic carbocycles. The number of ether oxygens (including phenoxy) is 1. The number of fused-ring (bicyclic) bond motifs is 1. The number of amides is 1. The number of aromatic nitrogens is 1. The molecule has 2 N–H and O–H groups in total. The fourth-order valence-corrected chi connectivity index (χ4v) is 2.12. The van der Waals surface area contributed by atoms with Crippen molar-refractivity contribution < 1.29 is 19.4 Å². The molecule has 0 atom stereocenters. The molecule has 0 saturated carbocycles. The normalized spacial score (nSPS) is 13.1. The van der Waals surface area contributed by atoms with E-state index < -0.39 is 5.97 Å². The molecule has 0 aliphatic carbocycles. The number of nitrogens with zero attached hydrogens (tertiary/aromatic N) is 1. The van der Waals surface area contributed by atoms with Crippen LogP contribution in [0.4, 0.5) is 5.69 Å². The van der Waals surface area contributed by atoms with Crippen LogP contribution in [0.3, 0.4) is 0 Å². The van der Waals surface area contributed by atoms with Gasteiger partial charge in [0.15, 0.2) is 12.4 Å². The number of carbonyl (C=O) groups is 2. The van der Waals surface area contributed by atoms with Crippen molar-refractivity contribution in [2.75, 3.05) is 11.9 Å². The predicted molar refractivity (Wildman–Crippen MR) is 70.8 cm³/mol. The van der Waals surface area contributed by atoms with Crippen LogP contribution in [0, 0.1) is 0 Å². The Morgan fingerprint density at radius 1 is 1.30 bits per heavy atom. The second-order valence-corrected chi connectivity index (χ2v) is 4.25. The van der Waals surface area contributed by atoms with E-state index in [-0.39, 0.29) is 18.1 Å². The Hall–Kier alpha value is -2.89. The lowest BCUT2D eigenvalue weighted by Gasteiger charge is -2.21. The molecule has 2 heterocycles. The minimum atomic E-state index is -1.04. The molecule has 0 radical (unpaired) electrons. The van der Waals surface area contributed by atoms with Gasteiger partial charge >= 0.3 is 5.97 Å². The van der Waals surface area contributed by atoms with Gasteiger partial charge < -0.3 is 15.2 Å². The van der Waals surface area contributed by atoms with Gasteiger partial charge in [0.1, 0.15) is 0 Å². The number of pyridine rings is 1. The first-order chi connectivity index (χ1) is 9.66. The zero-order valence-corrected chi connectivity index (χ0v) is 10.3. The van der Waals surface area contributed by atoms with Gasteiger partial charge in [0.05, 0.1) is 11.3 Å². The molecule has 1 aliphatic heterocycles. The minimum Gasteiger partial charge on any atom is -0.481 e. The van der Waals surface area contributed by atoms with Crippen molar-refractivity contribution >= 4 is 17.6 Å². The molecule has 1 aliphatic rings. The van der Waals surface area contributed by atoms with Gasteiger partial charge in [0.2, 0.25) is 0 Å². The Morgan fingerprint density at radius 3 is 2.95 bits per heavy atom. The summed E-state index contributed by atoms with van der Waals surface area (Å²) in [5, 5.41) is 11.9. The number of nitrogens with one attached hydrogen (secondary N) is 1. The highest BCUT2D eigenvalue weighted by Crippen LogP contribution is 2.39. The number of para-hydroxylation sites is 1. The van der Waals surface area contributed by atoms with Gasteiger partial charge in [0, 0.05) is 23.5 Å². The maximum absolute atomic E-state index is 11.3. The second kappa shape index (κ2) is 4.65. The molecular weight excluding hydrogens is 260 g/mol. The van der Waals surface area contributed by atoms with Gasteiger partial charge in [-0.05, 0) is 12.1 Å². The third-order valence-electron chi connectivity index (χ3n) is 2.98. The first kappa shape index (κ1) is 12.2. The number of rotatable bonds is 2. The van der Waals surface area contributed by atoms with E-state index in [9.17, 15) is 14.7 Å². The summed E-state index contributed by atoms with van der Waals surface area (Å²) in [6.07, 6.45) is 2.89. The Morgan fingerprint density at radius 2 is 2.15 bits per heavy atom. The fraction of sp³-hybridized carbons (Fsp3) is 0.0714. The largest absolute Gasteiger partial charge is 0.481 e. The number of carbonyl (C=O) groups excluding carboxylic acids is 1. The number of benzene rings is 1. The smallest absolute Gasteiger partial charge is 0.336 e. The predicted octanol–water partition coefficient (Wildman–Crippen LogP) is 1.78. The topological polar surface area (TPSA) is 88.5 Å². The van der Waals surface area contributed by atoms with E-state index in [1.807, 2.05) is 0 Å². The summed E-state index contributed by atoms with van der Waals surface area (Å²) >= 11 is 0. The van der Waals surface area contributed by atoms with Gasteiger partial charge in [-0.15, -0.1) is 0 Å². The van der Waals surface area contributed by atoms with Crippen LogP contribution in [0.5, 0.6) is 5.75 Å². The number of hydrogen-bond donors (Lipinski definition) is 2. The average Bonchev–Trinajstić information content (AvgIpc) is 2.46. The summed E-state index contributed by atoms with van der Waals surface area (Å²) in [4.78, 5) is 26.5. The molecule has 6 heteroatoms. The van der Waals surface area contributed by atoms with Crippen LogP contribution in [0.2, 0.25) is 0 Å². The number of carboxylic acids is 1. The van der Waals surface area contributed by atoms with E-state index in [0.717, 1.165) is 0 Å². The van der Waals surface area contributed by atoms with Crippen molar-refractivity contribution in [3.05, 3.63) is 42.2 Å². The van der Waals surface area contributed by atoms with Crippen LogP contribution < -0.4 is 10.1 Å². The molecule has 0 fully saturated rings. The van der Waals surface area contributed by atoms with Crippen LogP contribution >= 0.6 is 0 Å². The molecule has 0 spiro atoms. The number of anilines is 1. The van der Waals surface area contributed by atoms with Crippen LogP contribution in [-0.2, 0) is 4.79 Å². The Bertz CT molecular complexity index is 712. The Balaban J connectivity index is 2.19. The van der Waals surface area contributed by atoms with Crippen molar-refractivity contribution in [1.82, 2.24) is 4.98 Å². The highest BCUT2D eigenvalue weighted by molar-refractivity contribution is 6.01. The van der Waals surface area contributed by atoms with Gasteiger partial charge in [-0.1, -0.05) is 12.1 Å². The lowest BCUT2D eigenvalue weighted by molar-refractivity contribution is -0.118. The summed E-state index contributed by atoms with van der Waals surface area (Å²) in [5.41, 5.74) is 1.70. The second-order valence-electron chi connectivity index (χ2n) is 4.25. The molecule has 100 valence electrons. The molecule has 6 nitrogen and oxygen atoms in total. The molecule has 20 heavy (non-hydrogen) atoms. The van der Waals surface area contributed by atoms with Crippen LogP contribution in [0.25, 0.3) is 11.1 Å². The first-order valence-electron chi connectivity index (χ1n) is 5.90. The molecular formula is C14H10N2O4. The summed E-state index contributed by atoms with van der Waals surface area (Å²) in [6.45, 7) is -0.0906. The van der Waals surface area contributed by atoms with Crippen molar-refractivity contribution in [2.24, 2.45) is 0 Å².